The number of amides is 2. The van der Waals surface area contributed by atoms with E-state index in [-0.39, 0.29) is 25.0 Å². The molecule has 0 saturated carbocycles. The van der Waals surface area contributed by atoms with Gasteiger partial charge in [0, 0.05) is 18.6 Å². The molecule has 0 bridgehead atoms. The van der Waals surface area contributed by atoms with E-state index in [9.17, 15) is 19.2 Å². The van der Waals surface area contributed by atoms with Crippen molar-refractivity contribution in [3.8, 4) is 0 Å². The van der Waals surface area contributed by atoms with Crippen molar-refractivity contribution in [1.29, 1.82) is 0 Å². The second-order valence-electron chi connectivity index (χ2n) is 3.66. The highest BCUT2D eigenvalue weighted by Crippen LogP contribution is 1.97. The highest BCUT2D eigenvalue weighted by Gasteiger charge is 2.19. The Hall–Kier alpha value is -1.77. The third-order valence-corrected chi connectivity index (χ3v) is 2.41. The van der Waals surface area contributed by atoms with Crippen LogP contribution in [0.2, 0.25) is 0 Å². The van der Waals surface area contributed by atoms with E-state index in [4.69, 9.17) is 10.2 Å². The first-order valence-electron chi connectivity index (χ1n) is 6.48. The summed E-state index contributed by atoms with van der Waals surface area (Å²) in [6.45, 7) is 3.46. The molecule has 21 heavy (non-hydrogen) atoms. The first kappa shape index (κ1) is 21.5. The van der Waals surface area contributed by atoms with Crippen molar-refractivity contribution < 1.29 is 29.4 Å². The standard InChI is InChI=1S/C10H16N2O6S.C2H6/c13-7(2-1-3-8(14)15)12-6(5-19)10(18)11-4-9(16)17;1-2/h6,19H,1-5H2,(H,11,18)(H,12,13)(H,14,15)(H,16,17);1-2H3. The molecule has 0 rings (SSSR count). The molecule has 122 valence electrons. The average molecular weight is 322 g/mol. The van der Waals surface area contributed by atoms with Crippen LogP contribution in [0.1, 0.15) is 33.1 Å². The monoisotopic (exact) mass is 322 g/mol. The molecule has 0 aromatic heterocycles. The number of carboxylic acid groups (broad SMARTS) is 2. The lowest BCUT2D eigenvalue weighted by atomic mass is 10.2. The number of nitrogens with one attached hydrogen (secondary N) is 2. The summed E-state index contributed by atoms with van der Waals surface area (Å²) in [5.74, 6) is -3.32. The van der Waals surface area contributed by atoms with Crippen LogP contribution >= 0.6 is 12.6 Å². The van der Waals surface area contributed by atoms with Gasteiger partial charge < -0.3 is 20.8 Å². The van der Waals surface area contributed by atoms with Crippen LogP contribution in [0.25, 0.3) is 0 Å². The van der Waals surface area contributed by atoms with Gasteiger partial charge in [-0.25, -0.2) is 0 Å². The quantitative estimate of drug-likeness (QED) is 0.376. The minimum atomic E-state index is -1.20. The number of rotatable bonds is 9. The number of hydrogen-bond acceptors (Lipinski definition) is 5. The molecule has 0 fully saturated rings. The fraction of sp³-hybridized carbons (Fsp3) is 0.667. The summed E-state index contributed by atoms with van der Waals surface area (Å²) >= 11 is 3.88. The van der Waals surface area contributed by atoms with E-state index < -0.39 is 36.3 Å². The number of carbonyl (C=O) groups is 4. The molecular weight excluding hydrogens is 300 g/mol. The van der Waals surface area contributed by atoms with E-state index >= 15 is 0 Å². The lowest BCUT2D eigenvalue weighted by Crippen LogP contribution is -2.48. The highest BCUT2D eigenvalue weighted by atomic mass is 32.1. The Bertz CT molecular complexity index is 362. The van der Waals surface area contributed by atoms with Crippen LogP contribution in [-0.4, -0.2) is 52.3 Å². The first-order valence-corrected chi connectivity index (χ1v) is 7.11. The predicted octanol–water partition coefficient (Wildman–Crippen LogP) is -0.117. The molecule has 0 heterocycles. The van der Waals surface area contributed by atoms with Crippen LogP contribution in [0.4, 0.5) is 0 Å². The summed E-state index contributed by atoms with van der Waals surface area (Å²) in [6, 6.07) is -0.944. The molecule has 0 radical (unpaired) electrons. The summed E-state index contributed by atoms with van der Waals surface area (Å²) in [6.07, 6.45) is 0.00413. The number of carbonyl (C=O) groups excluding carboxylic acids is 2. The zero-order valence-electron chi connectivity index (χ0n) is 12.1. The Labute approximate surface area is 128 Å². The molecule has 0 aliphatic rings. The van der Waals surface area contributed by atoms with Gasteiger partial charge in [-0.3, -0.25) is 19.2 Å². The zero-order valence-corrected chi connectivity index (χ0v) is 13.0. The summed E-state index contributed by atoms with van der Waals surface area (Å²) in [5, 5.41) is 21.3. The second kappa shape index (κ2) is 13.2. The molecule has 0 aromatic carbocycles. The van der Waals surface area contributed by atoms with Gasteiger partial charge in [0.1, 0.15) is 12.6 Å². The van der Waals surface area contributed by atoms with Gasteiger partial charge >= 0.3 is 11.9 Å². The van der Waals surface area contributed by atoms with Gasteiger partial charge in [-0.05, 0) is 6.42 Å². The van der Waals surface area contributed by atoms with E-state index in [0.29, 0.717) is 0 Å². The smallest absolute Gasteiger partial charge is 0.322 e. The van der Waals surface area contributed by atoms with Gasteiger partial charge in [-0.15, -0.1) is 0 Å². The van der Waals surface area contributed by atoms with Gasteiger partial charge in [0.15, 0.2) is 0 Å². The number of hydrogen-bond donors (Lipinski definition) is 5. The summed E-state index contributed by atoms with van der Waals surface area (Å²) in [5.41, 5.74) is 0. The fourth-order valence-electron chi connectivity index (χ4n) is 1.15. The van der Waals surface area contributed by atoms with Crippen LogP contribution in [0.15, 0.2) is 0 Å². The normalized spacial score (nSPS) is 10.6. The van der Waals surface area contributed by atoms with Gasteiger partial charge in [0.2, 0.25) is 11.8 Å². The Morgan fingerprint density at radius 2 is 1.62 bits per heavy atom. The van der Waals surface area contributed by atoms with Crippen molar-refractivity contribution in [2.24, 2.45) is 0 Å². The third-order valence-electron chi connectivity index (χ3n) is 2.04. The summed E-state index contributed by atoms with van der Waals surface area (Å²) in [4.78, 5) is 43.4. The predicted molar refractivity (Wildman–Crippen MR) is 79.3 cm³/mol. The minimum Gasteiger partial charge on any atom is -0.481 e. The van der Waals surface area contributed by atoms with Crippen molar-refractivity contribution in [1.82, 2.24) is 10.6 Å². The lowest BCUT2D eigenvalue weighted by Gasteiger charge is -2.15. The second-order valence-corrected chi connectivity index (χ2v) is 4.03. The van der Waals surface area contributed by atoms with Crippen LogP contribution < -0.4 is 10.6 Å². The lowest BCUT2D eigenvalue weighted by molar-refractivity contribution is -0.138. The summed E-state index contributed by atoms with van der Waals surface area (Å²) in [7, 11) is 0. The maximum Gasteiger partial charge on any atom is 0.322 e. The van der Waals surface area contributed by atoms with Gasteiger partial charge in [-0.2, -0.15) is 12.6 Å². The largest absolute Gasteiger partial charge is 0.481 e. The topological polar surface area (TPSA) is 133 Å². The molecule has 0 aliphatic carbocycles. The minimum absolute atomic E-state index is 0.0100. The van der Waals surface area contributed by atoms with Gasteiger partial charge in [-0.1, -0.05) is 13.8 Å². The Morgan fingerprint density at radius 3 is 2.05 bits per heavy atom. The number of aliphatic carboxylic acids is 2. The van der Waals surface area contributed by atoms with E-state index in [1.165, 1.54) is 0 Å². The SMILES string of the molecule is CC.O=C(O)CCCC(=O)NC(CS)C(=O)NCC(=O)O. The van der Waals surface area contributed by atoms with E-state index in [1.54, 1.807) is 0 Å². The molecule has 0 aliphatic heterocycles. The van der Waals surface area contributed by atoms with Gasteiger partial charge in [0.25, 0.3) is 0 Å². The third kappa shape index (κ3) is 13.0. The van der Waals surface area contributed by atoms with Crippen molar-refractivity contribution in [2.45, 2.75) is 39.2 Å². The molecule has 0 spiro atoms. The number of carboxylic acids is 2. The Balaban J connectivity index is 0. The van der Waals surface area contributed by atoms with Crippen LogP contribution in [-0.2, 0) is 19.2 Å². The van der Waals surface area contributed by atoms with Crippen LogP contribution in [0.5, 0.6) is 0 Å². The molecule has 1 unspecified atom stereocenters. The summed E-state index contributed by atoms with van der Waals surface area (Å²) < 4.78 is 0. The van der Waals surface area contributed by atoms with Crippen LogP contribution in [0.3, 0.4) is 0 Å². The average Bonchev–Trinajstić information content (AvgIpc) is 2.43. The highest BCUT2D eigenvalue weighted by molar-refractivity contribution is 7.80. The molecular formula is C12H22N2O6S. The Morgan fingerprint density at radius 1 is 1.05 bits per heavy atom. The molecule has 4 N–H and O–H groups in total. The molecule has 0 aromatic rings. The van der Waals surface area contributed by atoms with E-state index in [1.807, 2.05) is 13.8 Å². The van der Waals surface area contributed by atoms with Crippen molar-refractivity contribution in [3.05, 3.63) is 0 Å². The molecule has 0 saturated heterocycles. The molecule has 2 amide bonds. The zero-order chi connectivity index (χ0) is 16.8. The van der Waals surface area contributed by atoms with Crippen LogP contribution in [0, 0.1) is 0 Å². The number of thiol groups is 1. The fourth-order valence-corrected chi connectivity index (χ4v) is 1.40. The molecule has 9 heteroatoms. The maximum atomic E-state index is 11.5. The van der Waals surface area contributed by atoms with Gasteiger partial charge in [0.05, 0.1) is 0 Å². The van der Waals surface area contributed by atoms with Crippen molar-refractivity contribution in [3.63, 3.8) is 0 Å². The molecule has 8 nitrogen and oxygen atoms in total. The van der Waals surface area contributed by atoms with E-state index in [2.05, 4.69) is 23.3 Å². The maximum absolute atomic E-state index is 11.5. The first-order chi connectivity index (χ1) is 9.86. The molecule has 1 atom stereocenters. The van der Waals surface area contributed by atoms with Crippen molar-refractivity contribution in [2.75, 3.05) is 12.3 Å². The van der Waals surface area contributed by atoms with E-state index in [0.717, 1.165) is 0 Å². The Kier molecular flexibility index (Phi) is 13.6. The van der Waals surface area contributed by atoms with Crippen molar-refractivity contribution >= 4 is 36.4 Å².